The van der Waals surface area contributed by atoms with Crippen molar-refractivity contribution >= 4 is 0 Å². The van der Waals surface area contributed by atoms with Crippen molar-refractivity contribution in [3.8, 4) is 0 Å². The Hall–Kier alpha value is -0.120. The molecule has 0 amide bonds. The number of hydrogen-bond acceptors (Lipinski definition) is 3. The van der Waals surface area contributed by atoms with E-state index in [0.717, 1.165) is 19.6 Å². The van der Waals surface area contributed by atoms with Crippen molar-refractivity contribution in [2.24, 2.45) is 0 Å². The normalized spacial score (nSPS) is 11.2. The van der Waals surface area contributed by atoms with Gasteiger partial charge in [0.2, 0.25) is 0 Å². The van der Waals surface area contributed by atoms with Gasteiger partial charge in [-0.25, -0.2) is 0 Å². The van der Waals surface area contributed by atoms with Crippen LogP contribution in [0.2, 0.25) is 0 Å². The van der Waals surface area contributed by atoms with Gasteiger partial charge >= 0.3 is 0 Å². The maximum atomic E-state index is 5.44. The lowest BCUT2D eigenvalue weighted by atomic mass is 10.1. The van der Waals surface area contributed by atoms with Crippen molar-refractivity contribution in [3.63, 3.8) is 0 Å². The molecule has 0 aromatic rings. The summed E-state index contributed by atoms with van der Waals surface area (Å²) in [4.78, 5) is 0. The molecule has 0 saturated heterocycles. The van der Waals surface area contributed by atoms with Gasteiger partial charge in [-0.3, -0.25) is 0 Å². The third kappa shape index (κ3) is 21.9. The molecular weight excluding hydrogens is 288 g/mol. The minimum Gasteiger partial charge on any atom is -0.379 e. The number of rotatable bonds is 20. The smallest absolute Gasteiger partial charge is 0.109 e. The zero-order valence-electron chi connectivity index (χ0n) is 15.8. The summed E-state index contributed by atoms with van der Waals surface area (Å²) in [5.41, 5.74) is 0. The SMILES string of the molecule is CCCCCCCCCCCCCCO[CH]COCCOCC. The second-order valence-electron chi connectivity index (χ2n) is 6.20. The molecule has 139 valence electrons. The van der Waals surface area contributed by atoms with Crippen molar-refractivity contribution in [2.75, 3.05) is 33.0 Å². The monoisotopic (exact) mass is 329 g/mol. The third-order valence-electron chi connectivity index (χ3n) is 4.00. The molecule has 3 nitrogen and oxygen atoms in total. The molecule has 1 radical (unpaired) electrons. The van der Waals surface area contributed by atoms with Crippen molar-refractivity contribution in [1.29, 1.82) is 0 Å². The summed E-state index contributed by atoms with van der Waals surface area (Å²) in [6.07, 6.45) is 16.5. The van der Waals surface area contributed by atoms with Crippen LogP contribution in [0.3, 0.4) is 0 Å². The van der Waals surface area contributed by atoms with Crippen LogP contribution in [-0.2, 0) is 14.2 Å². The van der Waals surface area contributed by atoms with Gasteiger partial charge in [-0.1, -0.05) is 77.6 Å². The van der Waals surface area contributed by atoms with E-state index >= 15 is 0 Å². The number of hydrogen-bond donors (Lipinski definition) is 0. The van der Waals surface area contributed by atoms with E-state index in [1.165, 1.54) is 70.6 Å². The summed E-state index contributed by atoms with van der Waals surface area (Å²) >= 11 is 0. The second kappa shape index (κ2) is 21.9. The van der Waals surface area contributed by atoms with Gasteiger partial charge in [-0.15, -0.1) is 0 Å². The van der Waals surface area contributed by atoms with E-state index in [-0.39, 0.29) is 0 Å². The van der Waals surface area contributed by atoms with Gasteiger partial charge in [-0.2, -0.15) is 0 Å². The third-order valence-corrected chi connectivity index (χ3v) is 4.00. The molecule has 3 heteroatoms. The number of ether oxygens (including phenoxy) is 3. The lowest BCUT2D eigenvalue weighted by Gasteiger charge is -2.05. The molecule has 0 bridgehead atoms. The van der Waals surface area contributed by atoms with Crippen LogP contribution in [0.25, 0.3) is 0 Å². The topological polar surface area (TPSA) is 27.7 Å². The molecule has 0 saturated carbocycles. The molecule has 0 spiro atoms. The quantitative estimate of drug-likeness (QED) is 0.259. The molecule has 0 fully saturated rings. The summed E-state index contributed by atoms with van der Waals surface area (Å²) in [5, 5.41) is 0. The molecular formula is C20H41O3. The first-order valence-corrected chi connectivity index (χ1v) is 10.0. The summed E-state index contributed by atoms with van der Waals surface area (Å²) in [6.45, 7) is 9.49. The molecule has 0 aromatic carbocycles. The number of unbranched alkanes of at least 4 members (excludes halogenated alkanes) is 11. The summed E-state index contributed by atoms with van der Waals surface area (Å²) in [6, 6.07) is 0. The Morgan fingerprint density at radius 2 is 1.09 bits per heavy atom. The minimum atomic E-state index is 0.561. The van der Waals surface area contributed by atoms with E-state index in [4.69, 9.17) is 14.2 Å². The van der Waals surface area contributed by atoms with Crippen LogP contribution >= 0.6 is 0 Å². The highest BCUT2D eigenvalue weighted by molar-refractivity contribution is 4.50. The van der Waals surface area contributed by atoms with Crippen molar-refractivity contribution < 1.29 is 14.2 Å². The van der Waals surface area contributed by atoms with Crippen molar-refractivity contribution in [2.45, 2.75) is 90.9 Å². The summed E-state index contributed by atoms with van der Waals surface area (Å²) in [7, 11) is 0. The van der Waals surface area contributed by atoms with Gasteiger partial charge in [0.25, 0.3) is 0 Å². The molecule has 0 atom stereocenters. The van der Waals surface area contributed by atoms with Gasteiger partial charge < -0.3 is 14.2 Å². The predicted octanol–water partition coefficient (Wildman–Crippen LogP) is 5.92. The second-order valence-corrected chi connectivity index (χ2v) is 6.20. The fourth-order valence-electron chi connectivity index (χ4n) is 2.55. The largest absolute Gasteiger partial charge is 0.379 e. The van der Waals surface area contributed by atoms with E-state index < -0.39 is 0 Å². The maximum Gasteiger partial charge on any atom is 0.109 e. The molecule has 0 N–H and O–H groups in total. The lowest BCUT2D eigenvalue weighted by Crippen LogP contribution is -2.06. The molecule has 0 aliphatic heterocycles. The Morgan fingerprint density at radius 3 is 1.65 bits per heavy atom. The first-order valence-electron chi connectivity index (χ1n) is 10.0. The van der Waals surface area contributed by atoms with Gasteiger partial charge in [0, 0.05) is 13.2 Å². The molecule has 0 rings (SSSR count). The van der Waals surface area contributed by atoms with E-state index in [1.807, 2.05) is 6.92 Å². The zero-order chi connectivity index (χ0) is 16.8. The Labute approximate surface area is 145 Å². The highest BCUT2D eigenvalue weighted by Crippen LogP contribution is 2.11. The molecule has 23 heavy (non-hydrogen) atoms. The average molecular weight is 330 g/mol. The van der Waals surface area contributed by atoms with Crippen LogP contribution < -0.4 is 0 Å². The van der Waals surface area contributed by atoms with E-state index in [9.17, 15) is 0 Å². The zero-order valence-corrected chi connectivity index (χ0v) is 15.8. The molecule has 0 unspecified atom stereocenters. The fourth-order valence-corrected chi connectivity index (χ4v) is 2.55. The summed E-state index contributed by atoms with van der Waals surface area (Å²) < 4.78 is 16.0. The Morgan fingerprint density at radius 1 is 0.565 bits per heavy atom. The Kier molecular flexibility index (Phi) is 21.8. The Balaban J connectivity index is 2.92. The molecule has 0 heterocycles. The first kappa shape index (κ1) is 22.9. The minimum absolute atomic E-state index is 0.561. The van der Waals surface area contributed by atoms with Crippen LogP contribution in [0.4, 0.5) is 0 Å². The van der Waals surface area contributed by atoms with Crippen LogP contribution in [0.5, 0.6) is 0 Å². The van der Waals surface area contributed by atoms with Crippen LogP contribution in [0, 0.1) is 6.61 Å². The first-order chi connectivity index (χ1) is 11.4. The van der Waals surface area contributed by atoms with Gasteiger partial charge in [0.1, 0.15) is 6.61 Å². The van der Waals surface area contributed by atoms with E-state index in [0.29, 0.717) is 19.8 Å². The Bertz CT molecular complexity index is 177. The van der Waals surface area contributed by atoms with Crippen molar-refractivity contribution in [3.05, 3.63) is 6.61 Å². The van der Waals surface area contributed by atoms with E-state index in [2.05, 4.69) is 6.92 Å². The standard InChI is InChI=1S/C20H41O3/c1-3-5-6-7-8-9-10-11-12-13-14-15-16-22-19-20-23-18-17-21-4-2/h19H,3-18,20H2,1-2H3. The highest BCUT2D eigenvalue weighted by Gasteiger charge is 1.95. The molecule has 0 aromatic heterocycles. The van der Waals surface area contributed by atoms with Crippen LogP contribution in [-0.4, -0.2) is 33.0 Å². The lowest BCUT2D eigenvalue weighted by molar-refractivity contribution is 0.0398. The van der Waals surface area contributed by atoms with Gasteiger partial charge in [0.05, 0.1) is 19.8 Å². The molecule has 0 aliphatic rings. The van der Waals surface area contributed by atoms with Crippen LogP contribution in [0.15, 0.2) is 0 Å². The predicted molar refractivity (Wildman–Crippen MR) is 98.6 cm³/mol. The van der Waals surface area contributed by atoms with Gasteiger partial charge in [-0.05, 0) is 13.3 Å². The molecule has 0 aliphatic carbocycles. The van der Waals surface area contributed by atoms with Crippen molar-refractivity contribution in [1.82, 2.24) is 0 Å². The maximum absolute atomic E-state index is 5.44. The van der Waals surface area contributed by atoms with Crippen LogP contribution in [0.1, 0.15) is 90.9 Å². The fraction of sp³-hybridized carbons (Fsp3) is 0.950. The van der Waals surface area contributed by atoms with E-state index in [1.54, 1.807) is 6.61 Å². The highest BCUT2D eigenvalue weighted by atomic mass is 16.5. The van der Waals surface area contributed by atoms with Gasteiger partial charge in [0.15, 0.2) is 0 Å². The summed E-state index contributed by atoms with van der Waals surface area (Å²) in [5.74, 6) is 0. The average Bonchev–Trinajstić information content (AvgIpc) is 2.57.